The topological polar surface area (TPSA) is 232 Å². The Hall–Kier alpha value is -4.24. The maximum Gasteiger partial charge on any atom is 0.324 e. The Morgan fingerprint density at radius 2 is 1.06 bits per heavy atom. The summed E-state index contributed by atoms with van der Waals surface area (Å²) in [7, 11) is 0. The van der Waals surface area contributed by atoms with Gasteiger partial charge in [0.2, 0.25) is 23.6 Å². The number of urea groups is 2. The number of carbonyl (C=O) groups excluding carboxylic acids is 6. The summed E-state index contributed by atoms with van der Waals surface area (Å²) in [6, 6.07) is -4.26. The van der Waals surface area contributed by atoms with Crippen molar-refractivity contribution >= 4 is 47.6 Å². The molecule has 4 atom stereocenters. The lowest BCUT2D eigenvalue weighted by molar-refractivity contribution is -0.164. The summed E-state index contributed by atoms with van der Waals surface area (Å²) in [6.45, 7) is -2.79. The van der Waals surface area contributed by atoms with Crippen molar-refractivity contribution < 1.29 is 48.6 Å². The van der Waals surface area contributed by atoms with Gasteiger partial charge in [0.1, 0.15) is 26.2 Å². The maximum atomic E-state index is 12.4. The van der Waals surface area contributed by atoms with Gasteiger partial charge in [-0.25, -0.2) is 9.59 Å². The van der Waals surface area contributed by atoms with Crippen LogP contribution in [0.4, 0.5) is 9.59 Å². The normalized spacial score (nSPS) is 26.1. The number of fused-ring (bicyclic) bond motifs is 4. The standard InChI is InChI=1S/C16H18N6O10/c23-5(17-1-7(25)26)3-21-11-9(13(29)19-15(21)31)10-12(11)22(16(32)20-14(10)30)4-6(24)18-2-8(27)28/h9-12H,1-4H2,(H,17,23)(H,18,24)(H,25,26)(H,27,28)(H,19,29,31)(H,20,30,32)/t9-,10-,11-,12-/m0/s1. The fourth-order valence-corrected chi connectivity index (χ4v) is 4.01. The van der Waals surface area contributed by atoms with Crippen molar-refractivity contribution in [2.45, 2.75) is 12.1 Å². The zero-order chi connectivity index (χ0) is 23.7. The predicted molar refractivity (Wildman–Crippen MR) is 96.3 cm³/mol. The number of nitrogens with one attached hydrogen (secondary N) is 4. The summed E-state index contributed by atoms with van der Waals surface area (Å²) < 4.78 is 0. The highest BCUT2D eigenvalue weighted by molar-refractivity contribution is 6.08. The van der Waals surface area contributed by atoms with Gasteiger partial charge in [0.25, 0.3) is 0 Å². The average Bonchev–Trinajstić information content (AvgIpc) is 2.66. The van der Waals surface area contributed by atoms with Crippen molar-refractivity contribution in [1.82, 2.24) is 31.1 Å². The second-order valence-corrected chi connectivity index (χ2v) is 7.22. The Morgan fingerprint density at radius 3 is 1.38 bits per heavy atom. The van der Waals surface area contributed by atoms with E-state index in [9.17, 15) is 38.4 Å². The number of carbonyl (C=O) groups is 8. The minimum atomic E-state index is -1.33. The van der Waals surface area contributed by atoms with E-state index in [1.807, 2.05) is 10.6 Å². The lowest BCUT2D eigenvalue weighted by Gasteiger charge is -2.60. The molecule has 3 rings (SSSR count). The molecule has 172 valence electrons. The molecule has 16 nitrogen and oxygen atoms in total. The molecule has 2 saturated heterocycles. The molecule has 0 radical (unpaired) electrons. The predicted octanol–water partition coefficient (Wildman–Crippen LogP) is -4.53. The highest BCUT2D eigenvalue weighted by Gasteiger charge is 2.67. The SMILES string of the molecule is O=C(O)CNC(=O)CN1C(=O)NC(=O)[C@H]2[C@@H]3C(=O)NC(=O)N(CC(=O)NCC(=O)O)[C@@H]3[C@H]21. The van der Waals surface area contributed by atoms with E-state index >= 15 is 0 Å². The zero-order valence-corrected chi connectivity index (χ0v) is 16.2. The highest BCUT2D eigenvalue weighted by atomic mass is 16.4. The minimum Gasteiger partial charge on any atom is -0.480 e. The quantitative estimate of drug-likeness (QED) is 0.206. The molecule has 1 aliphatic carbocycles. The average molecular weight is 454 g/mol. The van der Waals surface area contributed by atoms with E-state index in [4.69, 9.17) is 10.2 Å². The van der Waals surface area contributed by atoms with Crippen LogP contribution >= 0.6 is 0 Å². The van der Waals surface area contributed by atoms with E-state index in [2.05, 4.69) is 10.6 Å². The molecule has 0 spiro atoms. The second-order valence-electron chi connectivity index (χ2n) is 7.22. The molecule has 3 fully saturated rings. The zero-order valence-electron chi connectivity index (χ0n) is 16.2. The lowest BCUT2D eigenvalue weighted by Crippen LogP contribution is -2.83. The minimum absolute atomic E-state index is 0.675. The molecule has 6 N–H and O–H groups in total. The monoisotopic (exact) mass is 454 g/mol. The van der Waals surface area contributed by atoms with Crippen molar-refractivity contribution in [3.8, 4) is 0 Å². The van der Waals surface area contributed by atoms with Crippen LogP contribution in [-0.4, -0.2) is 106 Å². The number of hydrogen-bond acceptors (Lipinski definition) is 8. The molecule has 0 aromatic rings. The van der Waals surface area contributed by atoms with Crippen LogP contribution in [0.1, 0.15) is 0 Å². The first-order chi connectivity index (χ1) is 15.0. The molecule has 2 heterocycles. The summed E-state index contributed by atoms with van der Waals surface area (Å²) in [6.07, 6.45) is 0. The molecule has 3 aliphatic rings. The number of carboxylic acids is 2. The van der Waals surface area contributed by atoms with E-state index in [-0.39, 0.29) is 0 Å². The van der Waals surface area contributed by atoms with E-state index in [0.717, 1.165) is 9.80 Å². The number of aliphatic carboxylic acids is 2. The molecule has 32 heavy (non-hydrogen) atoms. The fraction of sp³-hybridized carbons (Fsp3) is 0.500. The van der Waals surface area contributed by atoms with Gasteiger partial charge in [-0.05, 0) is 0 Å². The second kappa shape index (κ2) is 8.48. The van der Waals surface area contributed by atoms with Crippen LogP contribution in [0, 0.1) is 11.8 Å². The van der Waals surface area contributed by atoms with Crippen LogP contribution in [0.5, 0.6) is 0 Å². The molecule has 0 aromatic carbocycles. The number of hydrogen-bond donors (Lipinski definition) is 6. The summed E-state index contributed by atoms with van der Waals surface area (Å²) in [5, 5.41) is 25.4. The van der Waals surface area contributed by atoms with Gasteiger partial charge in [0, 0.05) is 0 Å². The van der Waals surface area contributed by atoms with Crippen molar-refractivity contribution in [2.75, 3.05) is 26.2 Å². The maximum absolute atomic E-state index is 12.4. The van der Waals surface area contributed by atoms with Crippen LogP contribution in [0.25, 0.3) is 0 Å². The van der Waals surface area contributed by atoms with Gasteiger partial charge in [-0.2, -0.15) is 0 Å². The van der Waals surface area contributed by atoms with E-state index < -0.39 is 97.7 Å². The molecule has 0 aromatic heterocycles. The molecule has 0 unspecified atom stereocenters. The van der Waals surface area contributed by atoms with E-state index in [1.54, 1.807) is 0 Å². The smallest absolute Gasteiger partial charge is 0.324 e. The molecule has 16 heteroatoms. The number of nitrogens with zero attached hydrogens (tertiary/aromatic N) is 2. The van der Waals surface area contributed by atoms with Gasteiger partial charge < -0.3 is 30.6 Å². The number of carboxylic acid groups (broad SMARTS) is 2. The first kappa shape index (κ1) is 22.4. The van der Waals surface area contributed by atoms with Gasteiger partial charge in [-0.3, -0.25) is 39.4 Å². The van der Waals surface area contributed by atoms with Gasteiger partial charge in [-0.15, -0.1) is 0 Å². The molecule has 8 amide bonds. The third-order valence-electron chi connectivity index (χ3n) is 5.28. The summed E-state index contributed by atoms with van der Waals surface area (Å²) >= 11 is 0. The first-order valence-electron chi connectivity index (χ1n) is 9.21. The summed E-state index contributed by atoms with van der Waals surface area (Å²) in [5.41, 5.74) is 0. The van der Waals surface area contributed by atoms with Gasteiger partial charge in [0.05, 0.1) is 23.9 Å². The van der Waals surface area contributed by atoms with E-state index in [1.165, 1.54) is 0 Å². The number of amides is 8. The Kier molecular flexibility index (Phi) is 5.95. The Bertz CT molecular complexity index is 860. The van der Waals surface area contributed by atoms with Crippen LogP contribution in [-0.2, 0) is 28.8 Å². The van der Waals surface area contributed by atoms with Gasteiger partial charge in [0.15, 0.2) is 0 Å². The van der Waals surface area contributed by atoms with Crippen molar-refractivity contribution in [1.29, 1.82) is 0 Å². The van der Waals surface area contributed by atoms with Crippen LogP contribution in [0.3, 0.4) is 0 Å². The van der Waals surface area contributed by atoms with Crippen molar-refractivity contribution in [2.24, 2.45) is 11.8 Å². The molecular weight excluding hydrogens is 436 g/mol. The Balaban J connectivity index is 1.83. The summed E-state index contributed by atoms with van der Waals surface area (Å²) in [4.78, 5) is 96.5. The molecule has 0 bridgehead atoms. The fourth-order valence-electron chi connectivity index (χ4n) is 4.01. The Labute approximate surface area is 178 Å². The summed E-state index contributed by atoms with van der Waals surface area (Å²) in [5.74, 6) is -8.23. The first-order valence-corrected chi connectivity index (χ1v) is 9.21. The largest absolute Gasteiger partial charge is 0.480 e. The van der Waals surface area contributed by atoms with Crippen LogP contribution < -0.4 is 21.3 Å². The number of imide groups is 2. The molecular formula is C16H18N6O10. The Morgan fingerprint density at radius 1 is 0.719 bits per heavy atom. The van der Waals surface area contributed by atoms with Crippen LogP contribution in [0.15, 0.2) is 0 Å². The number of rotatable bonds is 8. The molecule has 1 saturated carbocycles. The van der Waals surface area contributed by atoms with Gasteiger partial charge >= 0.3 is 24.0 Å². The lowest BCUT2D eigenvalue weighted by atomic mass is 9.60. The van der Waals surface area contributed by atoms with Crippen LogP contribution in [0.2, 0.25) is 0 Å². The third kappa shape index (κ3) is 4.14. The van der Waals surface area contributed by atoms with Crippen molar-refractivity contribution in [3.05, 3.63) is 0 Å². The highest BCUT2D eigenvalue weighted by Crippen LogP contribution is 2.45. The van der Waals surface area contributed by atoms with Crippen molar-refractivity contribution in [3.63, 3.8) is 0 Å². The van der Waals surface area contributed by atoms with E-state index in [0.29, 0.717) is 0 Å². The third-order valence-corrected chi connectivity index (χ3v) is 5.28. The van der Waals surface area contributed by atoms with Gasteiger partial charge in [-0.1, -0.05) is 0 Å². The molecule has 2 aliphatic heterocycles.